The minimum absolute atomic E-state index is 0.612. The van der Waals surface area contributed by atoms with Crippen molar-refractivity contribution in [2.24, 2.45) is 0 Å². The molecular formula is C2F3MoO2. The van der Waals surface area contributed by atoms with E-state index in [0.717, 1.165) is 0 Å². The summed E-state index contributed by atoms with van der Waals surface area (Å²) < 4.78 is 36.3. The molecule has 8 heavy (non-hydrogen) atoms. The fraction of sp³-hybridized carbons (Fsp3) is 0.500. The van der Waals surface area contributed by atoms with Crippen molar-refractivity contribution >= 4 is 5.97 Å². The summed E-state index contributed by atoms with van der Waals surface area (Å²) in [4.78, 5) is 9.49. The van der Waals surface area contributed by atoms with Crippen molar-refractivity contribution in [3.63, 3.8) is 0 Å². The molecule has 0 aromatic heterocycles. The summed E-state index contributed by atoms with van der Waals surface area (Å²) >= 11 is 0.612. The quantitative estimate of drug-likeness (QED) is 0.544. The van der Waals surface area contributed by atoms with E-state index >= 15 is 0 Å². The van der Waals surface area contributed by atoms with E-state index in [1.54, 1.807) is 0 Å². The normalized spacial score (nSPS) is 10.9. The minimum atomic E-state index is -4.85. The van der Waals surface area contributed by atoms with E-state index in [-0.39, 0.29) is 0 Å². The van der Waals surface area contributed by atoms with Crippen molar-refractivity contribution < 1.29 is 41.5 Å². The van der Waals surface area contributed by atoms with Gasteiger partial charge in [-0.3, -0.25) is 0 Å². The molecule has 6 heteroatoms. The molecule has 0 aliphatic carbocycles. The van der Waals surface area contributed by atoms with Gasteiger partial charge >= 0.3 is 53.7 Å². The molecule has 0 aliphatic heterocycles. The predicted molar refractivity (Wildman–Crippen MR) is 12.1 cm³/mol. The second-order valence-electron chi connectivity index (χ2n) is 0.869. The van der Waals surface area contributed by atoms with Crippen LogP contribution in [0.3, 0.4) is 0 Å². The molecule has 0 saturated heterocycles. The van der Waals surface area contributed by atoms with Crippen LogP contribution in [0.25, 0.3) is 0 Å². The summed E-state index contributed by atoms with van der Waals surface area (Å²) in [6.07, 6.45) is -4.85. The molecule has 0 aromatic rings. The van der Waals surface area contributed by atoms with Crippen molar-refractivity contribution in [1.29, 1.82) is 0 Å². The number of hydrogen-bond acceptors (Lipinski definition) is 2. The summed E-state index contributed by atoms with van der Waals surface area (Å²) in [7, 11) is 0. The SMILES string of the molecule is O=C([O][Mo])C(F)(F)F. The summed E-state index contributed by atoms with van der Waals surface area (Å²) in [5.41, 5.74) is 0. The molecular weight excluding hydrogens is 209 g/mol. The third-order valence-electron chi connectivity index (χ3n) is 0.307. The summed E-state index contributed by atoms with van der Waals surface area (Å²) in [5, 5.41) is 0. The van der Waals surface area contributed by atoms with Gasteiger partial charge in [-0.2, -0.15) is 0 Å². The third kappa shape index (κ3) is 2.31. The Kier molecular flexibility index (Phi) is 2.47. The van der Waals surface area contributed by atoms with Gasteiger partial charge in [0, 0.05) is 0 Å². The molecule has 0 atom stereocenters. The van der Waals surface area contributed by atoms with Crippen LogP contribution in [0.4, 0.5) is 13.2 Å². The van der Waals surface area contributed by atoms with E-state index in [0.29, 0.717) is 20.2 Å². The van der Waals surface area contributed by atoms with Crippen molar-refractivity contribution in [3.8, 4) is 0 Å². The van der Waals surface area contributed by atoms with Gasteiger partial charge in [-0.1, -0.05) is 0 Å². The maximum atomic E-state index is 11.0. The molecule has 2 nitrogen and oxygen atoms in total. The van der Waals surface area contributed by atoms with Gasteiger partial charge in [0.2, 0.25) is 0 Å². The Labute approximate surface area is 54.4 Å². The molecule has 0 unspecified atom stereocenters. The van der Waals surface area contributed by atoms with Crippen LogP contribution < -0.4 is 0 Å². The Morgan fingerprint density at radius 3 is 1.88 bits per heavy atom. The Balaban J connectivity index is 3.82. The van der Waals surface area contributed by atoms with Crippen molar-refractivity contribution in [2.75, 3.05) is 0 Å². The molecule has 0 saturated carbocycles. The average molecular weight is 209 g/mol. The average Bonchev–Trinajstić information content (AvgIpc) is 1.62. The van der Waals surface area contributed by atoms with Crippen LogP contribution in [-0.2, 0) is 28.4 Å². The van der Waals surface area contributed by atoms with E-state index in [4.69, 9.17) is 0 Å². The first-order chi connectivity index (χ1) is 3.48. The molecule has 0 bridgehead atoms. The van der Waals surface area contributed by atoms with Crippen LogP contribution in [0.15, 0.2) is 0 Å². The first-order valence-electron chi connectivity index (χ1n) is 1.39. The molecule has 0 radical (unpaired) electrons. The number of alkyl halides is 3. The zero-order chi connectivity index (χ0) is 6.78. The van der Waals surface area contributed by atoms with Crippen molar-refractivity contribution in [1.82, 2.24) is 0 Å². The predicted octanol–water partition coefficient (Wildman–Crippen LogP) is 0.554. The number of hydrogen-bond donors (Lipinski definition) is 0. The molecule has 0 aromatic carbocycles. The van der Waals surface area contributed by atoms with Crippen LogP contribution >= 0.6 is 0 Å². The maximum absolute atomic E-state index is 11.0. The van der Waals surface area contributed by atoms with Crippen molar-refractivity contribution in [3.05, 3.63) is 0 Å². The fourth-order valence-electron chi connectivity index (χ4n) is 0.0472. The molecule has 47 valence electrons. The number of carbonyl (C=O) groups excluding carboxylic acids is 1. The molecule has 0 heterocycles. The van der Waals surface area contributed by atoms with Gasteiger partial charge in [0.1, 0.15) is 0 Å². The molecule has 0 aliphatic rings. The number of carbonyl (C=O) groups is 1. The van der Waals surface area contributed by atoms with E-state index in [2.05, 4.69) is 3.39 Å². The topological polar surface area (TPSA) is 26.3 Å². The van der Waals surface area contributed by atoms with Gasteiger partial charge in [-0.05, 0) is 0 Å². The Hall–Kier alpha value is -0.0517. The van der Waals surface area contributed by atoms with Crippen LogP contribution in [0.1, 0.15) is 0 Å². The van der Waals surface area contributed by atoms with Gasteiger partial charge in [0.25, 0.3) is 0 Å². The van der Waals surface area contributed by atoms with Gasteiger partial charge in [0.15, 0.2) is 0 Å². The Morgan fingerprint density at radius 1 is 1.50 bits per heavy atom. The third-order valence-corrected chi connectivity index (χ3v) is 0.679. The van der Waals surface area contributed by atoms with Crippen LogP contribution in [0.2, 0.25) is 0 Å². The van der Waals surface area contributed by atoms with E-state index < -0.39 is 12.1 Å². The van der Waals surface area contributed by atoms with E-state index in [1.807, 2.05) is 0 Å². The van der Waals surface area contributed by atoms with Crippen molar-refractivity contribution in [2.45, 2.75) is 6.18 Å². The number of halogens is 3. The van der Waals surface area contributed by atoms with Crippen LogP contribution in [0, 0.1) is 0 Å². The van der Waals surface area contributed by atoms with Crippen LogP contribution in [0.5, 0.6) is 0 Å². The summed E-state index contributed by atoms with van der Waals surface area (Å²) in [6, 6.07) is 0. The molecule has 0 fully saturated rings. The van der Waals surface area contributed by atoms with Gasteiger partial charge in [-0.15, -0.1) is 0 Å². The molecule has 0 spiro atoms. The number of rotatable bonds is 0. The van der Waals surface area contributed by atoms with Gasteiger partial charge in [0.05, 0.1) is 0 Å². The first-order valence-corrected chi connectivity index (χ1v) is 2.21. The summed E-state index contributed by atoms with van der Waals surface area (Å²) in [6.45, 7) is 0. The van der Waals surface area contributed by atoms with E-state index in [1.165, 1.54) is 0 Å². The van der Waals surface area contributed by atoms with E-state index in [9.17, 15) is 18.0 Å². The summed E-state index contributed by atoms with van der Waals surface area (Å²) in [5.74, 6) is -2.16. The van der Waals surface area contributed by atoms with Gasteiger partial charge in [-0.25, -0.2) is 0 Å². The zero-order valence-corrected chi connectivity index (χ0v) is 5.37. The second kappa shape index (κ2) is 2.48. The Morgan fingerprint density at radius 2 is 1.88 bits per heavy atom. The second-order valence-corrected chi connectivity index (χ2v) is 1.28. The monoisotopic (exact) mass is 211 g/mol. The fourth-order valence-corrected chi connectivity index (χ4v) is 0.280. The Bertz CT molecular complexity index is 97.9. The van der Waals surface area contributed by atoms with Crippen LogP contribution in [-0.4, -0.2) is 12.1 Å². The first kappa shape index (κ1) is 7.95. The molecule has 0 rings (SSSR count). The molecule has 0 amide bonds. The zero-order valence-electron chi connectivity index (χ0n) is 3.36. The van der Waals surface area contributed by atoms with Gasteiger partial charge < -0.3 is 0 Å². The standard InChI is InChI=1S/C2HF3O2.Mo/c3-2(4,5)1(6)7;/h(H,6,7);/q;+1/p-1. The molecule has 0 N–H and O–H groups in total.